The molecule has 2 N–H and O–H groups in total. The zero-order valence-electron chi connectivity index (χ0n) is 10.1. The summed E-state index contributed by atoms with van der Waals surface area (Å²) in [5, 5.41) is 12.0. The van der Waals surface area contributed by atoms with E-state index in [1.54, 1.807) is 36.5 Å². The van der Waals surface area contributed by atoms with E-state index in [2.05, 4.69) is 21.2 Å². The smallest absolute Gasteiger partial charge is 0.323 e. The van der Waals surface area contributed by atoms with Crippen LogP contribution in [-0.4, -0.2) is 21.6 Å². The van der Waals surface area contributed by atoms with Gasteiger partial charge in [0.15, 0.2) is 0 Å². The summed E-state index contributed by atoms with van der Waals surface area (Å²) in [6.07, 6.45) is 1.54. The highest BCUT2D eigenvalue weighted by atomic mass is 79.9. The molecule has 0 bridgehead atoms. The summed E-state index contributed by atoms with van der Waals surface area (Å²) in [4.78, 5) is 22.8. The highest BCUT2D eigenvalue weighted by Gasteiger charge is 2.13. The van der Waals surface area contributed by atoms with Gasteiger partial charge < -0.3 is 15.0 Å². The van der Waals surface area contributed by atoms with Crippen LogP contribution in [0, 0.1) is 0 Å². The Labute approximate surface area is 128 Å². The topological polar surface area (TPSA) is 71.3 Å². The van der Waals surface area contributed by atoms with E-state index in [-0.39, 0.29) is 18.1 Å². The molecule has 1 heterocycles. The number of aromatic nitrogens is 1. The van der Waals surface area contributed by atoms with Crippen LogP contribution >= 0.6 is 27.5 Å². The lowest BCUT2D eigenvalue weighted by atomic mass is 10.3. The molecule has 0 atom stereocenters. The number of carbonyl (C=O) groups excluding carboxylic acids is 1. The van der Waals surface area contributed by atoms with E-state index in [0.717, 1.165) is 0 Å². The molecular formula is C13H10BrClN2O3. The Morgan fingerprint density at radius 1 is 1.35 bits per heavy atom. The maximum atomic E-state index is 12.1. The molecule has 0 unspecified atom stereocenters. The van der Waals surface area contributed by atoms with Gasteiger partial charge in [-0.05, 0) is 46.3 Å². The summed E-state index contributed by atoms with van der Waals surface area (Å²) in [5.41, 5.74) is 0.841. The van der Waals surface area contributed by atoms with Crippen LogP contribution in [0.1, 0.15) is 10.5 Å². The molecule has 0 radical (unpaired) electrons. The van der Waals surface area contributed by atoms with Crippen LogP contribution in [0.2, 0.25) is 5.02 Å². The first-order valence-corrected chi connectivity index (χ1v) is 6.78. The number of rotatable bonds is 4. The van der Waals surface area contributed by atoms with Gasteiger partial charge in [0.05, 0.1) is 5.02 Å². The molecule has 0 aliphatic rings. The van der Waals surface area contributed by atoms with Gasteiger partial charge in [-0.25, -0.2) is 0 Å². The molecule has 0 saturated carbocycles. The van der Waals surface area contributed by atoms with Gasteiger partial charge in [-0.15, -0.1) is 0 Å². The number of halogens is 2. The van der Waals surface area contributed by atoms with Crippen molar-refractivity contribution in [2.75, 3.05) is 5.32 Å². The van der Waals surface area contributed by atoms with Crippen molar-refractivity contribution in [2.24, 2.45) is 0 Å². The summed E-state index contributed by atoms with van der Waals surface area (Å²) in [6.45, 7) is -0.264. The summed E-state index contributed by atoms with van der Waals surface area (Å²) in [5.74, 6) is -1.39. The monoisotopic (exact) mass is 356 g/mol. The fourth-order valence-corrected chi connectivity index (χ4v) is 2.17. The van der Waals surface area contributed by atoms with Gasteiger partial charge in [0.1, 0.15) is 12.2 Å². The Morgan fingerprint density at radius 2 is 2.10 bits per heavy atom. The first-order valence-electron chi connectivity index (χ1n) is 5.60. The molecule has 0 fully saturated rings. The molecule has 104 valence electrons. The first-order chi connectivity index (χ1) is 9.47. The van der Waals surface area contributed by atoms with Crippen molar-refractivity contribution in [1.29, 1.82) is 0 Å². The van der Waals surface area contributed by atoms with Gasteiger partial charge in [-0.1, -0.05) is 11.6 Å². The molecule has 0 spiro atoms. The van der Waals surface area contributed by atoms with E-state index in [4.69, 9.17) is 16.7 Å². The van der Waals surface area contributed by atoms with Crippen LogP contribution in [-0.2, 0) is 11.3 Å². The van der Waals surface area contributed by atoms with Crippen molar-refractivity contribution >= 4 is 45.1 Å². The molecule has 5 nitrogen and oxygen atoms in total. The predicted molar refractivity (Wildman–Crippen MR) is 79.2 cm³/mol. The Morgan fingerprint density at radius 3 is 2.75 bits per heavy atom. The van der Waals surface area contributed by atoms with Crippen molar-refractivity contribution in [3.8, 4) is 0 Å². The van der Waals surface area contributed by atoms with E-state index in [1.165, 1.54) is 4.57 Å². The number of hydrogen-bond donors (Lipinski definition) is 2. The second kappa shape index (κ2) is 6.11. The highest BCUT2D eigenvalue weighted by Crippen LogP contribution is 2.25. The van der Waals surface area contributed by atoms with E-state index < -0.39 is 5.97 Å². The normalized spacial score (nSPS) is 10.3. The average Bonchev–Trinajstić information content (AvgIpc) is 2.81. The van der Waals surface area contributed by atoms with Gasteiger partial charge in [-0.2, -0.15) is 0 Å². The van der Waals surface area contributed by atoms with Crippen molar-refractivity contribution in [3.63, 3.8) is 0 Å². The number of aliphatic carboxylic acids is 1. The largest absolute Gasteiger partial charge is 0.480 e. The number of nitrogens with zero attached hydrogens (tertiary/aromatic N) is 1. The second-order valence-corrected chi connectivity index (χ2v) is 5.26. The maximum Gasteiger partial charge on any atom is 0.323 e. The molecule has 0 aliphatic heterocycles. The predicted octanol–water partition coefficient (Wildman–Crippen LogP) is 3.24. The molecule has 20 heavy (non-hydrogen) atoms. The third-order valence-electron chi connectivity index (χ3n) is 2.55. The molecule has 1 amide bonds. The summed E-state index contributed by atoms with van der Waals surface area (Å²) in [7, 11) is 0. The standard InChI is InChI=1S/C13H10BrClN2O3/c14-9-6-8(3-4-10(9)15)16-13(20)11-2-1-5-17(11)7-12(18)19/h1-6H,7H2,(H,16,20)(H,18,19). The van der Waals surface area contributed by atoms with Crippen LogP contribution in [0.25, 0.3) is 0 Å². The molecule has 2 aromatic rings. The van der Waals surface area contributed by atoms with Crippen molar-refractivity contribution in [1.82, 2.24) is 4.57 Å². The minimum atomic E-state index is -1.01. The molecule has 1 aromatic heterocycles. The number of amides is 1. The van der Waals surface area contributed by atoms with E-state index >= 15 is 0 Å². The van der Waals surface area contributed by atoms with E-state index in [1.807, 2.05) is 0 Å². The third kappa shape index (κ3) is 3.40. The maximum absolute atomic E-state index is 12.1. The van der Waals surface area contributed by atoms with Gasteiger partial charge >= 0.3 is 5.97 Å². The zero-order chi connectivity index (χ0) is 14.7. The van der Waals surface area contributed by atoms with Crippen LogP contribution in [0.15, 0.2) is 41.0 Å². The quantitative estimate of drug-likeness (QED) is 0.882. The van der Waals surface area contributed by atoms with Crippen LogP contribution < -0.4 is 5.32 Å². The summed E-state index contributed by atoms with van der Waals surface area (Å²) in [6, 6.07) is 8.16. The number of carboxylic acid groups (broad SMARTS) is 1. The summed E-state index contributed by atoms with van der Waals surface area (Å²) < 4.78 is 2.03. The second-order valence-electron chi connectivity index (χ2n) is 4.00. The number of carbonyl (C=O) groups is 2. The lowest BCUT2D eigenvalue weighted by Gasteiger charge is -2.08. The average molecular weight is 358 g/mol. The van der Waals surface area contributed by atoms with Crippen molar-refractivity contribution in [2.45, 2.75) is 6.54 Å². The SMILES string of the molecule is O=C(O)Cn1cccc1C(=O)Nc1ccc(Cl)c(Br)c1. The number of hydrogen-bond acceptors (Lipinski definition) is 2. The summed E-state index contributed by atoms with van der Waals surface area (Å²) >= 11 is 9.14. The Kier molecular flexibility index (Phi) is 4.46. The van der Waals surface area contributed by atoms with E-state index in [0.29, 0.717) is 15.2 Å². The molecule has 1 aromatic carbocycles. The first kappa shape index (κ1) is 14.6. The molecule has 0 aliphatic carbocycles. The van der Waals surface area contributed by atoms with Crippen LogP contribution in [0.5, 0.6) is 0 Å². The fraction of sp³-hybridized carbons (Fsp3) is 0.0769. The highest BCUT2D eigenvalue weighted by molar-refractivity contribution is 9.10. The molecular weight excluding hydrogens is 348 g/mol. The Bertz CT molecular complexity index is 669. The van der Waals surface area contributed by atoms with Crippen molar-refractivity contribution < 1.29 is 14.7 Å². The third-order valence-corrected chi connectivity index (χ3v) is 3.76. The minimum absolute atomic E-state index is 0.264. The number of nitrogens with one attached hydrogen (secondary N) is 1. The van der Waals surface area contributed by atoms with Crippen LogP contribution in [0.3, 0.4) is 0 Å². The fourth-order valence-electron chi connectivity index (χ4n) is 1.67. The van der Waals surface area contributed by atoms with Gasteiger partial charge in [0.2, 0.25) is 0 Å². The van der Waals surface area contributed by atoms with Gasteiger partial charge in [-0.3, -0.25) is 9.59 Å². The van der Waals surface area contributed by atoms with Gasteiger partial charge in [0.25, 0.3) is 5.91 Å². The number of benzene rings is 1. The number of anilines is 1. The lowest BCUT2D eigenvalue weighted by molar-refractivity contribution is -0.137. The minimum Gasteiger partial charge on any atom is -0.480 e. The van der Waals surface area contributed by atoms with E-state index in [9.17, 15) is 9.59 Å². The lowest BCUT2D eigenvalue weighted by Crippen LogP contribution is -2.19. The van der Waals surface area contributed by atoms with Crippen LogP contribution in [0.4, 0.5) is 5.69 Å². The Balaban J connectivity index is 2.17. The van der Waals surface area contributed by atoms with Gasteiger partial charge in [0, 0.05) is 16.4 Å². The molecule has 0 saturated heterocycles. The Hall–Kier alpha value is -1.79. The van der Waals surface area contributed by atoms with Crippen molar-refractivity contribution in [3.05, 3.63) is 51.7 Å². The number of carboxylic acids is 1. The molecule has 2 rings (SSSR count). The zero-order valence-corrected chi connectivity index (χ0v) is 12.5. The molecule has 7 heteroatoms.